The lowest BCUT2D eigenvalue weighted by Gasteiger charge is -2.42. The molecule has 88 valence electrons. The van der Waals surface area contributed by atoms with Gasteiger partial charge in [-0.1, -0.05) is 13.0 Å². The van der Waals surface area contributed by atoms with Crippen LogP contribution in [0.3, 0.4) is 0 Å². The lowest BCUT2D eigenvalue weighted by molar-refractivity contribution is -0.118. The lowest BCUT2D eigenvalue weighted by atomic mass is 9.85. The summed E-state index contributed by atoms with van der Waals surface area (Å²) in [5.41, 5.74) is -0.106. The molecule has 1 atom stereocenters. The summed E-state index contributed by atoms with van der Waals surface area (Å²) in [7, 11) is 0. The lowest BCUT2D eigenvalue weighted by Crippen LogP contribution is -2.54. The number of likely N-dealkylation sites (N-methyl/N-ethyl adjacent to an activating group) is 1. The van der Waals surface area contributed by atoms with Gasteiger partial charge in [-0.25, -0.2) is 0 Å². The van der Waals surface area contributed by atoms with E-state index in [-0.39, 0.29) is 11.6 Å². The summed E-state index contributed by atoms with van der Waals surface area (Å²) >= 11 is 0. The van der Waals surface area contributed by atoms with Gasteiger partial charge in [-0.2, -0.15) is 0 Å². The predicted molar refractivity (Wildman–Crippen MR) is 62.1 cm³/mol. The fraction of sp³-hybridized carbons (Fsp3) is 0.833. The van der Waals surface area contributed by atoms with Crippen molar-refractivity contribution in [2.45, 2.75) is 38.3 Å². The highest BCUT2D eigenvalue weighted by molar-refractivity contribution is 5.03. The minimum atomic E-state index is -0.106. The van der Waals surface area contributed by atoms with Gasteiger partial charge < -0.3 is 14.8 Å². The first-order valence-corrected chi connectivity index (χ1v) is 5.86. The van der Waals surface area contributed by atoms with Crippen molar-refractivity contribution in [2.75, 3.05) is 26.4 Å². The van der Waals surface area contributed by atoms with Gasteiger partial charge in [0.25, 0.3) is 0 Å². The number of hydrogen-bond donors (Lipinski definition) is 1. The van der Waals surface area contributed by atoms with Crippen molar-refractivity contribution >= 4 is 0 Å². The van der Waals surface area contributed by atoms with Crippen LogP contribution in [0.5, 0.6) is 0 Å². The standard InChI is InChI=1S/C12H23NO2/c1-4-11(13-5-2)12(15-6-3)7-9-14-10-8-12/h4,11,13H,1,5-10H2,2-3H3. The van der Waals surface area contributed by atoms with Crippen molar-refractivity contribution in [1.29, 1.82) is 0 Å². The molecular formula is C12H23NO2. The quantitative estimate of drug-likeness (QED) is 0.682. The molecule has 0 spiro atoms. The summed E-state index contributed by atoms with van der Waals surface area (Å²) < 4.78 is 11.4. The Kier molecular flexibility index (Phi) is 5.29. The molecule has 1 heterocycles. The largest absolute Gasteiger partial charge is 0.381 e. The van der Waals surface area contributed by atoms with Gasteiger partial charge in [0.15, 0.2) is 0 Å². The molecule has 0 aliphatic carbocycles. The fourth-order valence-corrected chi connectivity index (χ4v) is 2.25. The van der Waals surface area contributed by atoms with Crippen LogP contribution in [0, 0.1) is 0 Å². The van der Waals surface area contributed by atoms with Crippen molar-refractivity contribution in [3.63, 3.8) is 0 Å². The first-order valence-electron chi connectivity index (χ1n) is 5.86. The van der Waals surface area contributed by atoms with Crippen LogP contribution in [-0.2, 0) is 9.47 Å². The molecule has 1 N–H and O–H groups in total. The molecule has 3 heteroatoms. The Bertz CT molecular complexity index is 183. The van der Waals surface area contributed by atoms with E-state index >= 15 is 0 Å². The summed E-state index contributed by atoms with van der Waals surface area (Å²) in [5.74, 6) is 0. The van der Waals surface area contributed by atoms with Gasteiger partial charge in [-0.05, 0) is 13.5 Å². The molecule has 0 aromatic rings. The molecule has 1 unspecified atom stereocenters. The average Bonchev–Trinajstić information content (AvgIpc) is 2.27. The fourth-order valence-electron chi connectivity index (χ4n) is 2.25. The molecule has 1 rings (SSSR count). The Hall–Kier alpha value is -0.380. The smallest absolute Gasteiger partial charge is 0.0913 e. The molecule has 0 amide bonds. The zero-order valence-corrected chi connectivity index (χ0v) is 9.92. The highest BCUT2D eigenvalue weighted by atomic mass is 16.5. The van der Waals surface area contributed by atoms with E-state index in [0.29, 0.717) is 0 Å². The van der Waals surface area contributed by atoms with Crippen LogP contribution < -0.4 is 5.32 Å². The van der Waals surface area contributed by atoms with Crippen LogP contribution in [0.25, 0.3) is 0 Å². The molecule has 3 nitrogen and oxygen atoms in total. The van der Waals surface area contributed by atoms with Crippen molar-refractivity contribution in [3.8, 4) is 0 Å². The molecule has 1 aliphatic heterocycles. The number of rotatable bonds is 6. The summed E-state index contributed by atoms with van der Waals surface area (Å²) in [6.45, 7) is 11.3. The summed E-state index contributed by atoms with van der Waals surface area (Å²) in [4.78, 5) is 0. The van der Waals surface area contributed by atoms with E-state index in [4.69, 9.17) is 9.47 Å². The molecule has 1 fully saturated rings. The maximum atomic E-state index is 5.96. The molecule has 0 radical (unpaired) electrons. The van der Waals surface area contributed by atoms with Crippen molar-refractivity contribution in [1.82, 2.24) is 5.32 Å². The van der Waals surface area contributed by atoms with Gasteiger partial charge in [0.05, 0.1) is 11.6 Å². The third kappa shape index (κ3) is 3.03. The Morgan fingerprint density at radius 1 is 1.47 bits per heavy atom. The molecule has 1 aliphatic rings. The van der Waals surface area contributed by atoms with Crippen molar-refractivity contribution in [3.05, 3.63) is 12.7 Å². The summed E-state index contributed by atoms with van der Waals surface area (Å²) in [6.07, 6.45) is 3.86. The second-order valence-corrected chi connectivity index (χ2v) is 3.88. The Morgan fingerprint density at radius 3 is 2.60 bits per heavy atom. The molecule has 15 heavy (non-hydrogen) atoms. The normalized spacial score (nSPS) is 22.3. The predicted octanol–water partition coefficient (Wildman–Crippen LogP) is 1.74. The highest BCUT2D eigenvalue weighted by Crippen LogP contribution is 2.29. The SMILES string of the molecule is C=CC(NCC)C1(OCC)CCOCC1. The molecule has 1 saturated heterocycles. The monoisotopic (exact) mass is 213 g/mol. The van der Waals surface area contributed by atoms with Crippen LogP contribution in [0.2, 0.25) is 0 Å². The van der Waals surface area contributed by atoms with Crippen LogP contribution in [-0.4, -0.2) is 38.0 Å². The minimum Gasteiger partial charge on any atom is -0.381 e. The first kappa shape index (κ1) is 12.7. The molecule has 0 aromatic heterocycles. The third-order valence-electron chi connectivity index (χ3n) is 3.00. The summed E-state index contributed by atoms with van der Waals surface area (Å²) in [6, 6.07) is 0.228. The van der Waals surface area contributed by atoms with E-state index in [1.165, 1.54) is 0 Å². The van der Waals surface area contributed by atoms with Gasteiger partial charge >= 0.3 is 0 Å². The number of ether oxygens (including phenoxy) is 2. The van der Waals surface area contributed by atoms with E-state index in [1.54, 1.807) is 0 Å². The second-order valence-electron chi connectivity index (χ2n) is 3.88. The Morgan fingerprint density at radius 2 is 2.13 bits per heavy atom. The minimum absolute atomic E-state index is 0.106. The third-order valence-corrected chi connectivity index (χ3v) is 3.00. The van der Waals surface area contributed by atoms with Crippen LogP contribution in [0.4, 0.5) is 0 Å². The highest BCUT2D eigenvalue weighted by Gasteiger charge is 2.39. The first-order chi connectivity index (χ1) is 7.29. The van der Waals surface area contributed by atoms with Crippen molar-refractivity contribution in [2.24, 2.45) is 0 Å². The molecule has 0 aromatic carbocycles. The summed E-state index contributed by atoms with van der Waals surface area (Å²) in [5, 5.41) is 3.43. The van der Waals surface area contributed by atoms with E-state index in [0.717, 1.165) is 39.2 Å². The molecular weight excluding hydrogens is 190 g/mol. The van der Waals surface area contributed by atoms with Gasteiger partial charge in [0, 0.05) is 32.7 Å². The number of nitrogens with one attached hydrogen (secondary N) is 1. The van der Waals surface area contributed by atoms with E-state index in [1.807, 2.05) is 13.0 Å². The number of hydrogen-bond acceptors (Lipinski definition) is 3. The van der Waals surface area contributed by atoms with Crippen LogP contribution in [0.15, 0.2) is 12.7 Å². The zero-order chi connectivity index (χ0) is 11.1. The maximum absolute atomic E-state index is 5.96. The molecule has 0 bridgehead atoms. The average molecular weight is 213 g/mol. The van der Waals surface area contributed by atoms with Gasteiger partial charge in [0.2, 0.25) is 0 Å². The van der Waals surface area contributed by atoms with E-state index in [2.05, 4.69) is 18.8 Å². The van der Waals surface area contributed by atoms with E-state index in [9.17, 15) is 0 Å². The van der Waals surface area contributed by atoms with Gasteiger partial charge in [-0.15, -0.1) is 6.58 Å². The maximum Gasteiger partial charge on any atom is 0.0913 e. The zero-order valence-electron chi connectivity index (χ0n) is 9.92. The van der Waals surface area contributed by atoms with E-state index < -0.39 is 0 Å². The van der Waals surface area contributed by atoms with Crippen LogP contribution >= 0.6 is 0 Å². The Labute approximate surface area is 92.8 Å². The second kappa shape index (κ2) is 6.26. The molecule has 0 saturated carbocycles. The Balaban J connectivity index is 2.71. The topological polar surface area (TPSA) is 30.5 Å². The van der Waals surface area contributed by atoms with Crippen molar-refractivity contribution < 1.29 is 9.47 Å². The van der Waals surface area contributed by atoms with Crippen LogP contribution in [0.1, 0.15) is 26.7 Å². The van der Waals surface area contributed by atoms with Gasteiger partial charge in [-0.3, -0.25) is 0 Å². The van der Waals surface area contributed by atoms with Gasteiger partial charge in [0.1, 0.15) is 0 Å².